The summed E-state index contributed by atoms with van der Waals surface area (Å²) < 4.78 is 0.868. The Labute approximate surface area is 143 Å². The fourth-order valence-electron chi connectivity index (χ4n) is 2.79. The fourth-order valence-corrected chi connectivity index (χ4v) is 3.19. The fraction of sp³-hybridized carbons (Fsp3) is 0.222. The molecule has 3 rings (SSSR count). The van der Waals surface area contributed by atoms with Crippen molar-refractivity contribution in [3.8, 4) is 0 Å². The Morgan fingerprint density at radius 3 is 2.57 bits per heavy atom. The van der Waals surface area contributed by atoms with Crippen molar-refractivity contribution in [2.45, 2.75) is 25.8 Å². The van der Waals surface area contributed by atoms with Gasteiger partial charge in [0.05, 0.1) is 12.1 Å². The van der Waals surface area contributed by atoms with E-state index in [0.29, 0.717) is 5.69 Å². The number of nitrogens with zero attached hydrogens (tertiary/aromatic N) is 1. The van der Waals surface area contributed by atoms with Crippen LogP contribution >= 0.6 is 15.9 Å². The molecule has 2 amide bonds. The lowest BCUT2D eigenvalue weighted by Crippen LogP contribution is -2.35. The Hall–Kier alpha value is -2.14. The molecule has 1 unspecified atom stereocenters. The molecule has 2 aromatic rings. The molecular formula is C18H17BrN2O2. The third-order valence-corrected chi connectivity index (χ3v) is 4.66. The van der Waals surface area contributed by atoms with E-state index in [-0.39, 0.29) is 18.2 Å². The van der Waals surface area contributed by atoms with Crippen molar-refractivity contribution in [2.75, 3.05) is 10.2 Å². The van der Waals surface area contributed by atoms with Crippen LogP contribution in [-0.2, 0) is 16.0 Å². The van der Waals surface area contributed by atoms with Gasteiger partial charge in [-0.25, -0.2) is 4.90 Å². The van der Waals surface area contributed by atoms with Gasteiger partial charge in [-0.3, -0.25) is 9.59 Å². The molecule has 0 aromatic heterocycles. The Balaban J connectivity index is 1.87. The van der Waals surface area contributed by atoms with Gasteiger partial charge in [-0.05, 0) is 46.1 Å². The Morgan fingerprint density at radius 1 is 1.13 bits per heavy atom. The van der Waals surface area contributed by atoms with E-state index in [0.717, 1.165) is 22.1 Å². The van der Waals surface area contributed by atoms with Gasteiger partial charge in [-0.15, -0.1) is 0 Å². The number of anilines is 2. The molecule has 0 bridgehead atoms. The van der Waals surface area contributed by atoms with E-state index in [1.54, 1.807) is 0 Å². The summed E-state index contributed by atoms with van der Waals surface area (Å²) in [7, 11) is 0. The number of rotatable bonds is 4. The molecule has 1 saturated heterocycles. The summed E-state index contributed by atoms with van der Waals surface area (Å²) in [6.45, 7) is 2.01. The maximum absolute atomic E-state index is 12.7. The first-order valence-electron chi connectivity index (χ1n) is 7.57. The molecule has 0 radical (unpaired) electrons. The lowest BCUT2D eigenvalue weighted by Gasteiger charge is -2.19. The number of para-hydroxylation sites is 2. The largest absolute Gasteiger partial charge is 0.372 e. The molecule has 1 aliphatic rings. The zero-order valence-corrected chi connectivity index (χ0v) is 14.3. The molecular weight excluding hydrogens is 356 g/mol. The molecule has 0 aliphatic carbocycles. The van der Waals surface area contributed by atoms with Crippen LogP contribution in [0.2, 0.25) is 0 Å². The van der Waals surface area contributed by atoms with E-state index in [4.69, 9.17) is 0 Å². The van der Waals surface area contributed by atoms with Gasteiger partial charge in [0.1, 0.15) is 6.04 Å². The maximum Gasteiger partial charge on any atom is 0.256 e. The van der Waals surface area contributed by atoms with E-state index in [1.807, 2.05) is 55.5 Å². The molecule has 1 atom stereocenters. The highest BCUT2D eigenvalue weighted by Gasteiger charge is 2.40. The Bertz CT molecular complexity index is 760. The van der Waals surface area contributed by atoms with Crippen molar-refractivity contribution in [1.29, 1.82) is 0 Å². The van der Waals surface area contributed by atoms with Gasteiger partial charge in [0.25, 0.3) is 5.91 Å². The van der Waals surface area contributed by atoms with Crippen LogP contribution in [0.15, 0.2) is 53.0 Å². The highest BCUT2D eigenvalue weighted by atomic mass is 79.9. The van der Waals surface area contributed by atoms with E-state index < -0.39 is 6.04 Å². The molecule has 1 fully saturated rings. The van der Waals surface area contributed by atoms with Crippen LogP contribution in [0.25, 0.3) is 0 Å². The number of amides is 2. The predicted octanol–water partition coefficient (Wildman–Crippen LogP) is 3.76. The van der Waals surface area contributed by atoms with Crippen LogP contribution in [0.3, 0.4) is 0 Å². The normalized spacial score (nSPS) is 17.7. The molecule has 1 heterocycles. The van der Waals surface area contributed by atoms with Crippen molar-refractivity contribution in [1.82, 2.24) is 0 Å². The van der Waals surface area contributed by atoms with Crippen molar-refractivity contribution in [3.05, 3.63) is 58.6 Å². The van der Waals surface area contributed by atoms with Gasteiger partial charge in [0.15, 0.2) is 0 Å². The van der Waals surface area contributed by atoms with E-state index >= 15 is 0 Å². The topological polar surface area (TPSA) is 49.4 Å². The van der Waals surface area contributed by atoms with E-state index in [1.165, 1.54) is 4.90 Å². The molecule has 5 heteroatoms. The van der Waals surface area contributed by atoms with Gasteiger partial charge in [-0.2, -0.15) is 0 Å². The minimum absolute atomic E-state index is 0.165. The molecule has 23 heavy (non-hydrogen) atoms. The first-order valence-corrected chi connectivity index (χ1v) is 8.37. The highest BCUT2D eigenvalue weighted by molar-refractivity contribution is 9.10. The van der Waals surface area contributed by atoms with Crippen LogP contribution in [0.4, 0.5) is 11.4 Å². The maximum atomic E-state index is 12.7. The zero-order valence-electron chi connectivity index (χ0n) is 12.8. The van der Waals surface area contributed by atoms with Crippen molar-refractivity contribution in [2.24, 2.45) is 0 Å². The summed E-state index contributed by atoms with van der Waals surface area (Å²) in [5, 5.41) is 3.17. The first-order chi connectivity index (χ1) is 11.1. The Kier molecular flexibility index (Phi) is 4.48. The smallest absolute Gasteiger partial charge is 0.256 e. The highest BCUT2D eigenvalue weighted by Crippen LogP contribution is 2.30. The van der Waals surface area contributed by atoms with Gasteiger partial charge in [0.2, 0.25) is 5.91 Å². The van der Waals surface area contributed by atoms with Crippen molar-refractivity contribution < 1.29 is 9.59 Å². The minimum atomic E-state index is -0.536. The average Bonchev–Trinajstić information content (AvgIpc) is 2.83. The van der Waals surface area contributed by atoms with Crippen LogP contribution in [-0.4, -0.2) is 17.9 Å². The van der Waals surface area contributed by atoms with Gasteiger partial charge in [0, 0.05) is 10.2 Å². The van der Waals surface area contributed by atoms with E-state index in [2.05, 4.69) is 21.2 Å². The van der Waals surface area contributed by atoms with Crippen LogP contribution in [0.1, 0.15) is 18.9 Å². The standard InChI is InChI=1S/C18H17BrN2O2/c1-2-12-7-3-6-10-16(12)21-17(22)11-15(18(21)23)20-14-9-5-4-8-13(14)19/h3-10,15,20H,2,11H2,1H3. The van der Waals surface area contributed by atoms with Gasteiger partial charge >= 0.3 is 0 Å². The average molecular weight is 373 g/mol. The lowest BCUT2D eigenvalue weighted by atomic mass is 10.1. The first kappa shape index (κ1) is 15.7. The summed E-state index contributed by atoms with van der Waals surface area (Å²) in [4.78, 5) is 26.4. The predicted molar refractivity (Wildman–Crippen MR) is 94.5 cm³/mol. The number of imide groups is 1. The third-order valence-electron chi connectivity index (χ3n) is 3.96. The molecule has 2 aromatic carbocycles. The summed E-state index contributed by atoms with van der Waals surface area (Å²) in [5.41, 5.74) is 2.50. The quantitative estimate of drug-likeness (QED) is 0.831. The second-order valence-electron chi connectivity index (χ2n) is 5.43. The number of benzene rings is 2. The molecule has 118 valence electrons. The molecule has 1 N–H and O–H groups in total. The number of carbonyl (C=O) groups excluding carboxylic acids is 2. The number of aryl methyl sites for hydroxylation is 1. The Morgan fingerprint density at radius 2 is 1.83 bits per heavy atom. The SMILES string of the molecule is CCc1ccccc1N1C(=O)CC(Nc2ccccc2Br)C1=O. The van der Waals surface area contributed by atoms with Gasteiger partial charge < -0.3 is 5.32 Å². The third kappa shape index (κ3) is 3.01. The number of hydrogen-bond acceptors (Lipinski definition) is 3. The van der Waals surface area contributed by atoms with Crippen LogP contribution in [0, 0.1) is 0 Å². The van der Waals surface area contributed by atoms with Crippen molar-refractivity contribution >= 4 is 39.1 Å². The van der Waals surface area contributed by atoms with Gasteiger partial charge in [-0.1, -0.05) is 37.3 Å². The monoisotopic (exact) mass is 372 g/mol. The zero-order chi connectivity index (χ0) is 16.4. The number of hydrogen-bond donors (Lipinski definition) is 1. The van der Waals surface area contributed by atoms with Crippen molar-refractivity contribution in [3.63, 3.8) is 0 Å². The minimum Gasteiger partial charge on any atom is -0.372 e. The summed E-state index contributed by atoms with van der Waals surface area (Å²) in [5.74, 6) is -0.368. The van der Waals surface area contributed by atoms with Crippen LogP contribution in [0.5, 0.6) is 0 Å². The summed E-state index contributed by atoms with van der Waals surface area (Å²) in [6.07, 6.45) is 0.938. The number of carbonyl (C=O) groups is 2. The molecule has 0 spiro atoms. The molecule has 0 saturated carbocycles. The second-order valence-corrected chi connectivity index (χ2v) is 6.28. The number of halogens is 1. The molecule has 4 nitrogen and oxygen atoms in total. The second kappa shape index (κ2) is 6.54. The summed E-state index contributed by atoms with van der Waals surface area (Å²) >= 11 is 3.45. The molecule has 1 aliphatic heterocycles. The van der Waals surface area contributed by atoms with E-state index in [9.17, 15) is 9.59 Å². The van der Waals surface area contributed by atoms with Crippen LogP contribution < -0.4 is 10.2 Å². The summed E-state index contributed by atoms with van der Waals surface area (Å²) in [6, 6.07) is 14.6. The number of nitrogens with one attached hydrogen (secondary N) is 1. The lowest BCUT2D eigenvalue weighted by molar-refractivity contribution is -0.121.